The maximum atomic E-state index is 12.5. The van der Waals surface area contributed by atoms with Crippen molar-refractivity contribution >= 4 is 15.9 Å². The molecule has 1 saturated heterocycles. The molecule has 0 aromatic heterocycles. The summed E-state index contributed by atoms with van der Waals surface area (Å²) < 4.78 is 24.9. The van der Waals surface area contributed by atoms with Crippen molar-refractivity contribution < 1.29 is 13.2 Å². The SMILES string of the molecule is Cc1cccc([C@@H]2CCCN2C(=O)CCS(=O)(=O)N(C)C)c1C. The summed E-state index contributed by atoms with van der Waals surface area (Å²) in [6.45, 7) is 4.87. The van der Waals surface area contributed by atoms with Gasteiger partial charge in [-0.15, -0.1) is 0 Å². The van der Waals surface area contributed by atoms with Gasteiger partial charge in [-0.3, -0.25) is 4.79 Å². The van der Waals surface area contributed by atoms with Gasteiger partial charge < -0.3 is 4.90 Å². The minimum Gasteiger partial charge on any atom is -0.336 e. The van der Waals surface area contributed by atoms with Crippen molar-refractivity contribution in [3.05, 3.63) is 34.9 Å². The number of hydrogen-bond acceptors (Lipinski definition) is 3. The second kappa shape index (κ2) is 7.01. The number of nitrogens with zero attached hydrogens (tertiary/aromatic N) is 2. The van der Waals surface area contributed by atoms with Gasteiger partial charge in [0.05, 0.1) is 11.8 Å². The number of sulfonamides is 1. The molecule has 1 heterocycles. The molecule has 1 amide bonds. The highest BCUT2D eigenvalue weighted by Crippen LogP contribution is 2.34. The van der Waals surface area contributed by atoms with Crippen LogP contribution in [0.3, 0.4) is 0 Å². The van der Waals surface area contributed by atoms with E-state index in [1.165, 1.54) is 35.1 Å². The molecule has 1 atom stereocenters. The van der Waals surface area contributed by atoms with Crippen LogP contribution in [0.4, 0.5) is 0 Å². The first-order chi connectivity index (χ1) is 10.7. The van der Waals surface area contributed by atoms with Crippen LogP contribution in [-0.4, -0.2) is 49.9 Å². The molecule has 0 spiro atoms. The molecule has 2 rings (SSSR count). The third kappa shape index (κ3) is 3.93. The molecular weight excluding hydrogens is 312 g/mol. The Kier molecular flexibility index (Phi) is 5.47. The number of rotatable bonds is 5. The second-order valence-corrected chi connectivity index (χ2v) is 8.69. The van der Waals surface area contributed by atoms with E-state index in [2.05, 4.69) is 26.0 Å². The second-order valence-electron chi connectivity index (χ2n) is 6.38. The summed E-state index contributed by atoms with van der Waals surface area (Å²) in [5, 5.41) is 0. The van der Waals surface area contributed by atoms with Crippen LogP contribution in [0.5, 0.6) is 0 Å². The van der Waals surface area contributed by atoms with Crippen LogP contribution in [0.25, 0.3) is 0 Å². The largest absolute Gasteiger partial charge is 0.336 e. The minimum atomic E-state index is -3.33. The number of likely N-dealkylation sites (tertiary alicyclic amines) is 1. The smallest absolute Gasteiger partial charge is 0.224 e. The molecule has 1 aliphatic rings. The van der Waals surface area contributed by atoms with Gasteiger partial charge in [-0.25, -0.2) is 12.7 Å². The Morgan fingerprint density at radius 1 is 1.30 bits per heavy atom. The number of hydrogen-bond donors (Lipinski definition) is 0. The minimum absolute atomic E-state index is 0.0435. The fraction of sp³-hybridized carbons (Fsp3) is 0.588. The zero-order valence-corrected chi connectivity index (χ0v) is 15.2. The molecule has 0 bridgehead atoms. The maximum absolute atomic E-state index is 12.5. The summed E-state index contributed by atoms with van der Waals surface area (Å²) in [7, 11) is -0.345. The summed E-state index contributed by atoms with van der Waals surface area (Å²) in [6, 6.07) is 6.25. The summed E-state index contributed by atoms with van der Waals surface area (Å²) in [4.78, 5) is 14.4. The van der Waals surface area contributed by atoms with Crippen LogP contribution in [-0.2, 0) is 14.8 Å². The molecule has 23 heavy (non-hydrogen) atoms. The zero-order valence-electron chi connectivity index (χ0n) is 14.4. The third-order valence-corrected chi connectivity index (χ3v) is 6.54. The molecule has 0 unspecified atom stereocenters. The highest BCUT2D eigenvalue weighted by Gasteiger charge is 2.31. The van der Waals surface area contributed by atoms with E-state index >= 15 is 0 Å². The van der Waals surface area contributed by atoms with Crippen LogP contribution >= 0.6 is 0 Å². The molecule has 1 aromatic carbocycles. The zero-order chi connectivity index (χ0) is 17.2. The normalized spacial score (nSPS) is 18.7. The van der Waals surface area contributed by atoms with Gasteiger partial charge in [-0.05, 0) is 43.4 Å². The lowest BCUT2D eigenvalue weighted by Crippen LogP contribution is -2.34. The Labute approximate surface area is 139 Å². The van der Waals surface area contributed by atoms with Crippen molar-refractivity contribution in [3.8, 4) is 0 Å². The van der Waals surface area contributed by atoms with Crippen LogP contribution in [0.1, 0.15) is 42.0 Å². The summed E-state index contributed by atoms with van der Waals surface area (Å²) >= 11 is 0. The molecule has 0 aliphatic carbocycles. The fourth-order valence-corrected chi connectivity index (χ4v) is 3.86. The van der Waals surface area contributed by atoms with Gasteiger partial charge in [0.25, 0.3) is 0 Å². The highest BCUT2D eigenvalue weighted by atomic mass is 32.2. The van der Waals surface area contributed by atoms with Gasteiger partial charge in [-0.1, -0.05) is 18.2 Å². The van der Waals surface area contributed by atoms with Gasteiger partial charge in [-0.2, -0.15) is 0 Å². The standard InChI is InChI=1S/C17H26N2O3S/c1-13-7-5-8-15(14(13)2)16-9-6-11-19(16)17(20)10-12-23(21,22)18(3)4/h5,7-8,16H,6,9-12H2,1-4H3/t16-/m0/s1. The summed E-state index contributed by atoms with van der Waals surface area (Å²) in [6.07, 6.45) is 1.95. The first-order valence-electron chi connectivity index (χ1n) is 8.00. The lowest BCUT2D eigenvalue weighted by Gasteiger charge is -2.27. The monoisotopic (exact) mass is 338 g/mol. The summed E-state index contributed by atoms with van der Waals surface area (Å²) in [5.74, 6) is -0.201. The lowest BCUT2D eigenvalue weighted by atomic mass is 9.96. The number of benzene rings is 1. The number of aryl methyl sites for hydroxylation is 1. The molecule has 6 heteroatoms. The molecule has 1 fully saturated rings. The van der Waals surface area contributed by atoms with E-state index in [0.717, 1.165) is 12.8 Å². The Hall–Kier alpha value is -1.40. The molecule has 5 nitrogen and oxygen atoms in total. The quantitative estimate of drug-likeness (QED) is 0.827. The van der Waals surface area contributed by atoms with E-state index in [4.69, 9.17) is 0 Å². The van der Waals surface area contributed by atoms with E-state index in [0.29, 0.717) is 6.54 Å². The van der Waals surface area contributed by atoms with Crippen molar-refractivity contribution in [2.75, 3.05) is 26.4 Å². The molecule has 0 saturated carbocycles. The van der Waals surface area contributed by atoms with Gasteiger partial charge in [0, 0.05) is 27.1 Å². The van der Waals surface area contributed by atoms with E-state index in [9.17, 15) is 13.2 Å². The van der Waals surface area contributed by atoms with Crippen LogP contribution < -0.4 is 0 Å². The Balaban J connectivity index is 2.13. The molecule has 1 aromatic rings. The molecule has 0 N–H and O–H groups in total. The van der Waals surface area contributed by atoms with Gasteiger partial charge in [0.2, 0.25) is 15.9 Å². The Bertz CT molecular complexity index is 683. The van der Waals surface area contributed by atoms with E-state index in [-0.39, 0.29) is 24.1 Å². The molecule has 1 aliphatic heterocycles. The first kappa shape index (κ1) is 17.9. The van der Waals surface area contributed by atoms with Crippen molar-refractivity contribution in [1.29, 1.82) is 0 Å². The van der Waals surface area contributed by atoms with Crippen LogP contribution in [0.2, 0.25) is 0 Å². The van der Waals surface area contributed by atoms with E-state index < -0.39 is 10.0 Å². The Morgan fingerprint density at radius 2 is 2.00 bits per heavy atom. The van der Waals surface area contributed by atoms with Gasteiger partial charge in [0.1, 0.15) is 0 Å². The summed E-state index contributed by atoms with van der Waals surface area (Å²) in [5.41, 5.74) is 3.63. The average Bonchev–Trinajstić information content (AvgIpc) is 2.97. The van der Waals surface area contributed by atoms with Gasteiger partial charge >= 0.3 is 0 Å². The van der Waals surface area contributed by atoms with Crippen molar-refractivity contribution in [1.82, 2.24) is 9.21 Å². The third-order valence-electron chi connectivity index (χ3n) is 4.71. The van der Waals surface area contributed by atoms with E-state index in [1.54, 1.807) is 0 Å². The lowest BCUT2D eigenvalue weighted by molar-refractivity contribution is -0.131. The van der Waals surface area contributed by atoms with Crippen molar-refractivity contribution in [3.63, 3.8) is 0 Å². The molecular formula is C17H26N2O3S. The topological polar surface area (TPSA) is 57.7 Å². The van der Waals surface area contributed by atoms with Crippen molar-refractivity contribution in [2.24, 2.45) is 0 Å². The van der Waals surface area contributed by atoms with E-state index in [1.807, 2.05) is 11.0 Å². The predicted octanol–water partition coefficient (Wildman–Crippen LogP) is 2.25. The number of carbonyl (C=O) groups excluding carboxylic acids is 1. The fourth-order valence-electron chi connectivity index (χ4n) is 3.07. The Morgan fingerprint density at radius 3 is 2.65 bits per heavy atom. The predicted molar refractivity (Wildman–Crippen MR) is 91.7 cm³/mol. The van der Waals surface area contributed by atoms with Crippen molar-refractivity contribution in [2.45, 2.75) is 39.2 Å². The molecule has 128 valence electrons. The first-order valence-corrected chi connectivity index (χ1v) is 9.60. The highest BCUT2D eigenvalue weighted by molar-refractivity contribution is 7.89. The van der Waals surface area contributed by atoms with Crippen LogP contribution in [0.15, 0.2) is 18.2 Å². The number of carbonyl (C=O) groups is 1. The average molecular weight is 338 g/mol. The molecule has 0 radical (unpaired) electrons. The van der Waals surface area contributed by atoms with Crippen LogP contribution in [0, 0.1) is 13.8 Å². The number of amides is 1. The van der Waals surface area contributed by atoms with Gasteiger partial charge in [0.15, 0.2) is 0 Å². The maximum Gasteiger partial charge on any atom is 0.224 e.